The average Bonchev–Trinajstić information content (AvgIpc) is 2.63. The van der Waals surface area contributed by atoms with E-state index in [1.807, 2.05) is 0 Å². The van der Waals surface area contributed by atoms with Gasteiger partial charge in [-0.05, 0) is 12.0 Å². The van der Waals surface area contributed by atoms with Gasteiger partial charge in [-0.15, -0.1) is 0 Å². The van der Waals surface area contributed by atoms with E-state index in [1.54, 1.807) is 25.2 Å². The highest BCUT2D eigenvalue weighted by Gasteiger charge is 2.14. The lowest BCUT2D eigenvalue weighted by molar-refractivity contribution is -0.0504. The minimum absolute atomic E-state index is 0.172. The lowest BCUT2D eigenvalue weighted by Gasteiger charge is -2.29. The van der Waals surface area contributed by atoms with E-state index in [4.69, 9.17) is 4.74 Å². The molecule has 0 bridgehead atoms. The van der Waals surface area contributed by atoms with Crippen molar-refractivity contribution in [3.63, 3.8) is 0 Å². The van der Waals surface area contributed by atoms with E-state index in [0.29, 0.717) is 24.0 Å². The van der Waals surface area contributed by atoms with Gasteiger partial charge in [0.15, 0.2) is 5.96 Å². The van der Waals surface area contributed by atoms with Crippen molar-refractivity contribution in [1.82, 2.24) is 15.5 Å². The summed E-state index contributed by atoms with van der Waals surface area (Å²) < 4.78 is 34.9. The monoisotopic (exact) mass is 370 g/mol. The maximum atomic E-state index is 12.5. The van der Waals surface area contributed by atoms with E-state index in [1.165, 1.54) is 6.07 Å². The fraction of sp³-hybridized carbons (Fsp3) is 0.611. The number of morpholine rings is 1. The summed E-state index contributed by atoms with van der Waals surface area (Å²) in [6.07, 6.45) is 0. The van der Waals surface area contributed by atoms with Crippen molar-refractivity contribution >= 4 is 5.96 Å². The van der Waals surface area contributed by atoms with Gasteiger partial charge in [-0.25, -0.2) is 0 Å². The van der Waals surface area contributed by atoms with Gasteiger partial charge in [0.05, 0.1) is 13.2 Å². The van der Waals surface area contributed by atoms with Gasteiger partial charge in [-0.2, -0.15) is 8.78 Å². The van der Waals surface area contributed by atoms with Gasteiger partial charge in [0, 0.05) is 45.3 Å². The number of rotatable bonds is 8. The Kier molecular flexibility index (Phi) is 8.57. The van der Waals surface area contributed by atoms with E-state index in [9.17, 15) is 8.78 Å². The molecule has 2 rings (SSSR count). The highest BCUT2D eigenvalue weighted by molar-refractivity contribution is 5.79. The van der Waals surface area contributed by atoms with E-state index in [0.717, 1.165) is 39.4 Å². The number of para-hydroxylation sites is 1. The second-order valence-corrected chi connectivity index (χ2v) is 6.31. The van der Waals surface area contributed by atoms with Crippen LogP contribution in [0.4, 0.5) is 8.78 Å². The smallest absolute Gasteiger partial charge is 0.387 e. The first-order valence-electron chi connectivity index (χ1n) is 8.85. The summed E-state index contributed by atoms with van der Waals surface area (Å²) in [5.74, 6) is 1.25. The molecule has 0 radical (unpaired) electrons. The summed E-state index contributed by atoms with van der Waals surface area (Å²) in [5.41, 5.74) is 0.650. The van der Waals surface area contributed by atoms with Crippen LogP contribution in [0, 0.1) is 5.92 Å². The van der Waals surface area contributed by atoms with Crippen LogP contribution in [0.3, 0.4) is 0 Å². The minimum Gasteiger partial charge on any atom is -0.434 e. The SMILES string of the molecule is CN=C(NCc1ccccc1OC(F)F)NCC(C)CN1CCOCC1. The first-order valence-corrected chi connectivity index (χ1v) is 8.85. The molecular formula is C18H28F2N4O2. The molecule has 0 amide bonds. The molecule has 1 saturated heterocycles. The van der Waals surface area contributed by atoms with Crippen molar-refractivity contribution < 1.29 is 18.3 Å². The molecule has 146 valence electrons. The van der Waals surface area contributed by atoms with Gasteiger partial charge in [0.2, 0.25) is 0 Å². The van der Waals surface area contributed by atoms with Crippen molar-refractivity contribution in [2.75, 3.05) is 46.4 Å². The number of nitrogens with zero attached hydrogens (tertiary/aromatic N) is 2. The Morgan fingerprint density at radius 3 is 2.69 bits per heavy atom. The molecular weight excluding hydrogens is 342 g/mol. The van der Waals surface area contributed by atoms with Crippen molar-refractivity contribution in [3.8, 4) is 5.75 Å². The van der Waals surface area contributed by atoms with Crippen LogP contribution < -0.4 is 15.4 Å². The van der Waals surface area contributed by atoms with Crippen LogP contribution in [0.15, 0.2) is 29.3 Å². The second-order valence-electron chi connectivity index (χ2n) is 6.31. The zero-order valence-corrected chi connectivity index (χ0v) is 15.4. The Morgan fingerprint density at radius 2 is 2.00 bits per heavy atom. The fourth-order valence-electron chi connectivity index (χ4n) is 2.82. The fourth-order valence-corrected chi connectivity index (χ4v) is 2.82. The van der Waals surface area contributed by atoms with Crippen molar-refractivity contribution in [2.45, 2.75) is 20.1 Å². The van der Waals surface area contributed by atoms with E-state index >= 15 is 0 Å². The first kappa shape index (κ1) is 20.4. The third-order valence-electron chi connectivity index (χ3n) is 4.15. The zero-order chi connectivity index (χ0) is 18.8. The van der Waals surface area contributed by atoms with Crippen molar-refractivity contribution in [3.05, 3.63) is 29.8 Å². The topological polar surface area (TPSA) is 58.1 Å². The molecule has 2 N–H and O–H groups in total. The molecule has 1 aliphatic heterocycles. The number of ether oxygens (including phenoxy) is 2. The highest BCUT2D eigenvalue weighted by atomic mass is 19.3. The van der Waals surface area contributed by atoms with E-state index in [2.05, 4.69) is 32.2 Å². The number of benzene rings is 1. The zero-order valence-electron chi connectivity index (χ0n) is 15.4. The summed E-state index contributed by atoms with van der Waals surface area (Å²) in [6, 6.07) is 6.74. The Morgan fingerprint density at radius 1 is 1.27 bits per heavy atom. The minimum atomic E-state index is -2.84. The molecule has 8 heteroatoms. The molecule has 1 unspecified atom stereocenters. The molecule has 1 heterocycles. The number of hydrogen-bond acceptors (Lipinski definition) is 4. The van der Waals surface area contributed by atoms with E-state index in [-0.39, 0.29) is 5.75 Å². The van der Waals surface area contributed by atoms with Crippen LogP contribution >= 0.6 is 0 Å². The summed E-state index contributed by atoms with van der Waals surface area (Å²) in [7, 11) is 1.68. The number of aliphatic imine (C=N–C) groups is 1. The van der Waals surface area contributed by atoms with Gasteiger partial charge in [0.1, 0.15) is 5.75 Å². The van der Waals surface area contributed by atoms with Gasteiger partial charge in [-0.3, -0.25) is 9.89 Å². The molecule has 6 nitrogen and oxygen atoms in total. The van der Waals surface area contributed by atoms with Gasteiger partial charge in [0.25, 0.3) is 0 Å². The predicted molar refractivity (Wildman–Crippen MR) is 97.7 cm³/mol. The quantitative estimate of drug-likeness (QED) is 0.541. The Labute approximate surface area is 153 Å². The summed E-state index contributed by atoms with van der Waals surface area (Å²) in [6.45, 7) is 4.99. The number of hydrogen-bond donors (Lipinski definition) is 2. The molecule has 26 heavy (non-hydrogen) atoms. The lowest BCUT2D eigenvalue weighted by atomic mass is 10.1. The molecule has 0 saturated carbocycles. The van der Waals surface area contributed by atoms with Crippen molar-refractivity contribution in [1.29, 1.82) is 0 Å². The average molecular weight is 370 g/mol. The normalized spacial score (nSPS) is 17.2. The number of alkyl halides is 2. The van der Waals surface area contributed by atoms with Crippen LogP contribution in [0.1, 0.15) is 12.5 Å². The molecule has 1 aromatic carbocycles. The summed E-state index contributed by atoms with van der Waals surface area (Å²) in [5, 5.41) is 6.42. The number of halogens is 2. The molecule has 0 spiro atoms. The Hall–Kier alpha value is -1.93. The maximum absolute atomic E-state index is 12.5. The molecule has 1 fully saturated rings. The standard InChI is InChI=1S/C18H28F2N4O2/c1-14(13-24-7-9-25-10-8-24)11-22-18(21-2)23-12-15-5-3-4-6-16(15)26-17(19)20/h3-6,14,17H,7-13H2,1-2H3,(H2,21,22,23). The highest BCUT2D eigenvalue weighted by Crippen LogP contribution is 2.19. The van der Waals surface area contributed by atoms with Crippen LogP contribution in [-0.2, 0) is 11.3 Å². The Bertz CT molecular complexity index is 566. The first-order chi connectivity index (χ1) is 12.6. The molecule has 0 aliphatic carbocycles. The van der Waals surface area contributed by atoms with Gasteiger partial charge < -0.3 is 20.1 Å². The molecule has 1 aliphatic rings. The largest absolute Gasteiger partial charge is 0.434 e. The van der Waals surface area contributed by atoms with Crippen molar-refractivity contribution in [2.24, 2.45) is 10.9 Å². The van der Waals surface area contributed by atoms with Gasteiger partial charge in [-0.1, -0.05) is 25.1 Å². The van der Waals surface area contributed by atoms with Crippen LogP contribution in [0.25, 0.3) is 0 Å². The molecule has 1 aromatic rings. The molecule has 1 atom stereocenters. The third kappa shape index (κ3) is 7.13. The van der Waals surface area contributed by atoms with Crippen LogP contribution in [0.2, 0.25) is 0 Å². The Balaban J connectivity index is 1.77. The number of nitrogens with one attached hydrogen (secondary N) is 2. The second kappa shape index (κ2) is 10.9. The van der Waals surface area contributed by atoms with Crippen LogP contribution in [0.5, 0.6) is 5.75 Å². The lowest BCUT2D eigenvalue weighted by Crippen LogP contribution is -2.43. The predicted octanol–water partition coefficient (Wildman–Crippen LogP) is 1.92. The molecule has 0 aromatic heterocycles. The third-order valence-corrected chi connectivity index (χ3v) is 4.15. The van der Waals surface area contributed by atoms with E-state index < -0.39 is 6.61 Å². The number of guanidine groups is 1. The van der Waals surface area contributed by atoms with Crippen LogP contribution in [-0.4, -0.2) is 63.9 Å². The van der Waals surface area contributed by atoms with Gasteiger partial charge >= 0.3 is 6.61 Å². The summed E-state index contributed by atoms with van der Waals surface area (Å²) in [4.78, 5) is 6.58. The maximum Gasteiger partial charge on any atom is 0.387 e. The summed E-state index contributed by atoms with van der Waals surface area (Å²) >= 11 is 0.